The molecule has 72 valence electrons. The SMILES string of the molecule is C=C/C=C1/CCCc2cccc(N)c21. The highest BCUT2D eigenvalue weighted by Crippen LogP contribution is 2.34. The fourth-order valence-corrected chi connectivity index (χ4v) is 2.12. The third kappa shape index (κ3) is 1.46. The molecule has 0 fully saturated rings. The van der Waals surface area contributed by atoms with E-state index in [0.717, 1.165) is 18.5 Å². The van der Waals surface area contributed by atoms with Gasteiger partial charge in [0.05, 0.1) is 0 Å². The lowest BCUT2D eigenvalue weighted by molar-refractivity contribution is 0.823. The van der Waals surface area contributed by atoms with E-state index in [1.165, 1.54) is 23.1 Å². The Labute approximate surface area is 84.9 Å². The number of anilines is 1. The van der Waals surface area contributed by atoms with Gasteiger partial charge in [0.25, 0.3) is 0 Å². The first-order valence-electron chi connectivity index (χ1n) is 5.02. The highest BCUT2D eigenvalue weighted by Gasteiger charge is 2.15. The summed E-state index contributed by atoms with van der Waals surface area (Å²) in [7, 11) is 0. The molecule has 0 saturated carbocycles. The summed E-state index contributed by atoms with van der Waals surface area (Å²) in [5.74, 6) is 0. The van der Waals surface area contributed by atoms with Crippen LogP contribution in [0, 0.1) is 0 Å². The van der Waals surface area contributed by atoms with Crippen LogP contribution in [0.5, 0.6) is 0 Å². The lowest BCUT2D eigenvalue weighted by Crippen LogP contribution is -2.05. The van der Waals surface area contributed by atoms with Gasteiger partial charge in [-0.15, -0.1) is 0 Å². The molecule has 0 aliphatic heterocycles. The van der Waals surface area contributed by atoms with E-state index < -0.39 is 0 Å². The fraction of sp³-hybridized carbons (Fsp3) is 0.231. The fourth-order valence-electron chi connectivity index (χ4n) is 2.12. The van der Waals surface area contributed by atoms with Gasteiger partial charge in [-0.3, -0.25) is 0 Å². The molecule has 0 atom stereocenters. The zero-order valence-electron chi connectivity index (χ0n) is 8.29. The molecule has 0 bridgehead atoms. The van der Waals surface area contributed by atoms with Crippen LogP contribution >= 0.6 is 0 Å². The maximum atomic E-state index is 5.99. The van der Waals surface area contributed by atoms with Crippen molar-refractivity contribution in [2.45, 2.75) is 19.3 Å². The molecular weight excluding hydrogens is 170 g/mol. The number of aryl methyl sites for hydroxylation is 1. The topological polar surface area (TPSA) is 26.0 Å². The smallest absolute Gasteiger partial charge is 0.0393 e. The van der Waals surface area contributed by atoms with E-state index in [0.29, 0.717) is 0 Å². The van der Waals surface area contributed by atoms with E-state index >= 15 is 0 Å². The number of hydrogen-bond donors (Lipinski definition) is 1. The summed E-state index contributed by atoms with van der Waals surface area (Å²) < 4.78 is 0. The first kappa shape index (κ1) is 9.07. The van der Waals surface area contributed by atoms with Crippen LogP contribution in [0.2, 0.25) is 0 Å². The predicted molar refractivity (Wildman–Crippen MR) is 62.0 cm³/mol. The van der Waals surface area contributed by atoms with Crippen LogP contribution < -0.4 is 5.73 Å². The lowest BCUT2D eigenvalue weighted by Gasteiger charge is -2.20. The summed E-state index contributed by atoms with van der Waals surface area (Å²) in [4.78, 5) is 0. The maximum Gasteiger partial charge on any atom is 0.0393 e. The second-order valence-corrected chi connectivity index (χ2v) is 3.66. The second-order valence-electron chi connectivity index (χ2n) is 3.66. The van der Waals surface area contributed by atoms with E-state index in [2.05, 4.69) is 18.7 Å². The Kier molecular flexibility index (Phi) is 2.40. The van der Waals surface area contributed by atoms with E-state index in [4.69, 9.17) is 5.73 Å². The quantitative estimate of drug-likeness (QED) is 0.668. The minimum atomic E-state index is 0.898. The largest absolute Gasteiger partial charge is 0.398 e. The molecule has 0 radical (unpaired) electrons. The van der Waals surface area contributed by atoms with Crippen molar-refractivity contribution in [2.24, 2.45) is 0 Å². The van der Waals surface area contributed by atoms with Crippen LogP contribution in [0.1, 0.15) is 24.0 Å². The van der Waals surface area contributed by atoms with Crippen LogP contribution in [0.4, 0.5) is 5.69 Å². The van der Waals surface area contributed by atoms with Gasteiger partial charge < -0.3 is 5.73 Å². The molecule has 0 spiro atoms. The Morgan fingerprint density at radius 3 is 2.93 bits per heavy atom. The molecule has 1 heteroatoms. The van der Waals surface area contributed by atoms with Gasteiger partial charge in [-0.1, -0.05) is 30.9 Å². The monoisotopic (exact) mass is 185 g/mol. The average molecular weight is 185 g/mol. The van der Waals surface area contributed by atoms with Gasteiger partial charge in [0.2, 0.25) is 0 Å². The Morgan fingerprint density at radius 1 is 1.29 bits per heavy atom. The third-order valence-corrected chi connectivity index (χ3v) is 2.72. The summed E-state index contributed by atoms with van der Waals surface area (Å²) in [5, 5.41) is 0. The van der Waals surface area contributed by atoms with Gasteiger partial charge in [-0.2, -0.15) is 0 Å². The summed E-state index contributed by atoms with van der Waals surface area (Å²) in [6.45, 7) is 3.74. The van der Waals surface area contributed by atoms with Gasteiger partial charge in [0.15, 0.2) is 0 Å². The Hall–Kier alpha value is -1.50. The number of fused-ring (bicyclic) bond motifs is 1. The summed E-state index contributed by atoms with van der Waals surface area (Å²) >= 11 is 0. The molecule has 0 unspecified atom stereocenters. The van der Waals surface area contributed by atoms with Crippen molar-refractivity contribution in [3.8, 4) is 0 Å². The highest BCUT2D eigenvalue weighted by molar-refractivity contribution is 5.79. The summed E-state index contributed by atoms with van der Waals surface area (Å²) in [6.07, 6.45) is 7.41. The molecule has 1 aromatic rings. The van der Waals surface area contributed by atoms with Gasteiger partial charge in [0, 0.05) is 11.3 Å². The van der Waals surface area contributed by atoms with Crippen LogP contribution in [-0.4, -0.2) is 0 Å². The predicted octanol–water partition coefficient (Wildman–Crippen LogP) is 3.17. The molecule has 0 heterocycles. The standard InChI is InChI=1S/C13H15N/c1-2-5-10-6-3-7-11-8-4-9-12(14)13(10)11/h2,4-5,8-9H,1,3,6-7,14H2/b10-5-. The van der Waals surface area contributed by atoms with Gasteiger partial charge in [-0.05, 0) is 36.5 Å². The number of hydrogen-bond acceptors (Lipinski definition) is 1. The minimum absolute atomic E-state index is 0.898. The molecule has 1 aromatic carbocycles. The third-order valence-electron chi connectivity index (χ3n) is 2.72. The van der Waals surface area contributed by atoms with Crippen molar-refractivity contribution < 1.29 is 0 Å². The maximum absolute atomic E-state index is 5.99. The molecule has 0 saturated heterocycles. The molecule has 1 aliphatic carbocycles. The van der Waals surface area contributed by atoms with Crippen LogP contribution in [-0.2, 0) is 6.42 Å². The van der Waals surface area contributed by atoms with E-state index in [1.54, 1.807) is 0 Å². The number of allylic oxidation sites excluding steroid dienone is 3. The van der Waals surface area contributed by atoms with Crippen LogP contribution in [0.15, 0.2) is 36.9 Å². The van der Waals surface area contributed by atoms with E-state index in [-0.39, 0.29) is 0 Å². The number of benzene rings is 1. The van der Waals surface area contributed by atoms with Crippen molar-refractivity contribution in [1.82, 2.24) is 0 Å². The summed E-state index contributed by atoms with van der Waals surface area (Å²) in [6, 6.07) is 6.17. The van der Waals surface area contributed by atoms with Gasteiger partial charge in [0.1, 0.15) is 0 Å². The minimum Gasteiger partial charge on any atom is -0.398 e. The molecule has 2 N–H and O–H groups in total. The molecule has 14 heavy (non-hydrogen) atoms. The van der Waals surface area contributed by atoms with E-state index in [1.807, 2.05) is 18.2 Å². The second kappa shape index (κ2) is 3.70. The zero-order valence-corrected chi connectivity index (χ0v) is 8.29. The molecule has 1 nitrogen and oxygen atoms in total. The highest BCUT2D eigenvalue weighted by atomic mass is 14.6. The van der Waals surface area contributed by atoms with Crippen LogP contribution in [0.25, 0.3) is 5.57 Å². The Morgan fingerprint density at radius 2 is 2.14 bits per heavy atom. The molecule has 2 rings (SSSR count). The Balaban J connectivity index is 2.57. The molecule has 0 aromatic heterocycles. The number of rotatable bonds is 1. The number of nitrogens with two attached hydrogens (primary N) is 1. The molecular formula is C13H15N. The lowest BCUT2D eigenvalue weighted by atomic mass is 9.86. The first-order chi connectivity index (χ1) is 6.83. The molecule has 1 aliphatic rings. The van der Waals surface area contributed by atoms with E-state index in [9.17, 15) is 0 Å². The van der Waals surface area contributed by atoms with Gasteiger partial charge in [-0.25, -0.2) is 0 Å². The normalized spacial score (nSPS) is 17.9. The first-order valence-corrected chi connectivity index (χ1v) is 5.02. The van der Waals surface area contributed by atoms with Crippen molar-refractivity contribution in [3.05, 3.63) is 48.1 Å². The van der Waals surface area contributed by atoms with Crippen molar-refractivity contribution >= 4 is 11.3 Å². The van der Waals surface area contributed by atoms with Crippen molar-refractivity contribution in [2.75, 3.05) is 5.73 Å². The number of nitrogen functional groups attached to an aromatic ring is 1. The van der Waals surface area contributed by atoms with Gasteiger partial charge >= 0.3 is 0 Å². The van der Waals surface area contributed by atoms with Crippen molar-refractivity contribution in [3.63, 3.8) is 0 Å². The zero-order chi connectivity index (χ0) is 9.97. The van der Waals surface area contributed by atoms with Crippen molar-refractivity contribution in [1.29, 1.82) is 0 Å². The molecule has 0 amide bonds. The average Bonchev–Trinajstić information content (AvgIpc) is 2.19. The Bertz CT molecular complexity index is 388. The summed E-state index contributed by atoms with van der Waals surface area (Å²) in [5.41, 5.74) is 10.8. The van der Waals surface area contributed by atoms with Crippen LogP contribution in [0.3, 0.4) is 0 Å².